The highest BCUT2D eigenvalue weighted by molar-refractivity contribution is 5.94. The van der Waals surface area contributed by atoms with E-state index in [2.05, 4.69) is 11.4 Å². The van der Waals surface area contributed by atoms with E-state index in [0.29, 0.717) is 19.5 Å². The summed E-state index contributed by atoms with van der Waals surface area (Å²) in [6, 6.07) is 15.6. The van der Waals surface area contributed by atoms with E-state index in [1.165, 1.54) is 7.11 Å². The van der Waals surface area contributed by atoms with Crippen LogP contribution < -0.4 is 10.2 Å². The summed E-state index contributed by atoms with van der Waals surface area (Å²) < 4.78 is 10.6. The van der Waals surface area contributed by atoms with E-state index in [9.17, 15) is 9.59 Å². The Balaban J connectivity index is 1.63. The van der Waals surface area contributed by atoms with Crippen LogP contribution >= 0.6 is 0 Å². The zero-order chi connectivity index (χ0) is 21.3. The fourth-order valence-electron chi connectivity index (χ4n) is 3.59. The summed E-state index contributed by atoms with van der Waals surface area (Å²) in [6.07, 6.45) is 2.50. The number of methoxy groups -OCH3 is 1. The number of ether oxygens (including phenoxy) is 2. The van der Waals surface area contributed by atoms with E-state index in [0.717, 1.165) is 41.8 Å². The minimum Gasteiger partial charge on any atom is -0.376 e. The molecule has 2 aromatic rings. The van der Waals surface area contributed by atoms with Crippen molar-refractivity contribution in [3.05, 3.63) is 65.2 Å². The lowest BCUT2D eigenvalue weighted by Crippen LogP contribution is -2.33. The quantitative estimate of drug-likeness (QED) is 0.690. The summed E-state index contributed by atoms with van der Waals surface area (Å²) >= 11 is 0. The van der Waals surface area contributed by atoms with Crippen LogP contribution in [-0.2, 0) is 32.0 Å². The van der Waals surface area contributed by atoms with Gasteiger partial charge < -0.3 is 19.7 Å². The van der Waals surface area contributed by atoms with Crippen molar-refractivity contribution in [1.29, 1.82) is 0 Å². The lowest BCUT2D eigenvalue weighted by molar-refractivity contribution is -0.122. The Morgan fingerprint density at radius 2 is 1.97 bits per heavy atom. The van der Waals surface area contributed by atoms with Gasteiger partial charge in [0.25, 0.3) is 5.91 Å². The van der Waals surface area contributed by atoms with Crippen LogP contribution in [0.2, 0.25) is 0 Å². The molecule has 1 fully saturated rings. The van der Waals surface area contributed by atoms with Crippen LogP contribution in [0.4, 0.5) is 5.69 Å². The summed E-state index contributed by atoms with van der Waals surface area (Å²) in [5, 5.41) is 2.94. The highest BCUT2D eigenvalue weighted by atomic mass is 16.5. The number of hydrogen-bond acceptors (Lipinski definition) is 4. The van der Waals surface area contributed by atoms with Gasteiger partial charge >= 0.3 is 0 Å². The first-order chi connectivity index (χ1) is 14.5. The molecular weight excluding hydrogens is 380 g/mol. The Bertz CT molecular complexity index is 845. The Morgan fingerprint density at radius 1 is 1.17 bits per heavy atom. The Labute approximate surface area is 178 Å². The first kappa shape index (κ1) is 22.0. The van der Waals surface area contributed by atoms with Crippen LogP contribution in [0.3, 0.4) is 0 Å². The molecule has 0 aromatic heterocycles. The highest BCUT2D eigenvalue weighted by Gasteiger charge is 2.18. The molecule has 1 aliphatic heterocycles. The van der Waals surface area contributed by atoms with Gasteiger partial charge in [-0.05, 0) is 43.0 Å². The van der Waals surface area contributed by atoms with Gasteiger partial charge in [0.15, 0.2) is 0 Å². The monoisotopic (exact) mass is 410 g/mol. The van der Waals surface area contributed by atoms with Crippen molar-refractivity contribution in [2.45, 2.75) is 38.8 Å². The molecule has 0 unspecified atom stereocenters. The maximum absolute atomic E-state index is 12.6. The first-order valence-electron chi connectivity index (χ1n) is 10.4. The Morgan fingerprint density at radius 3 is 2.63 bits per heavy atom. The third-order valence-corrected chi connectivity index (χ3v) is 5.16. The second-order valence-electron chi connectivity index (χ2n) is 7.68. The molecule has 1 heterocycles. The maximum atomic E-state index is 12.6. The van der Waals surface area contributed by atoms with Crippen LogP contribution in [0.25, 0.3) is 0 Å². The average Bonchev–Trinajstić information content (AvgIpc) is 3.25. The molecule has 1 atom stereocenters. The molecule has 30 heavy (non-hydrogen) atoms. The van der Waals surface area contributed by atoms with E-state index < -0.39 is 0 Å². The summed E-state index contributed by atoms with van der Waals surface area (Å²) in [7, 11) is 1.51. The number of hydrogen-bond donors (Lipinski definition) is 1. The largest absolute Gasteiger partial charge is 0.376 e. The van der Waals surface area contributed by atoms with E-state index in [4.69, 9.17) is 9.47 Å². The molecule has 1 aliphatic rings. The van der Waals surface area contributed by atoms with Crippen molar-refractivity contribution < 1.29 is 19.1 Å². The number of nitrogens with zero attached hydrogens (tertiary/aromatic N) is 1. The second-order valence-corrected chi connectivity index (χ2v) is 7.68. The minimum atomic E-state index is -0.110. The van der Waals surface area contributed by atoms with Crippen molar-refractivity contribution >= 4 is 17.5 Å². The van der Waals surface area contributed by atoms with Crippen LogP contribution in [0.1, 0.15) is 29.5 Å². The summed E-state index contributed by atoms with van der Waals surface area (Å²) in [5.41, 5.74) is 3.88. The van der Waals surface area contributed by atoms with Crippen LogP contribution in [0.15, 0.2) is 48.5 Å². The van der Waals surface area contributed by atoms with Gasteiger partial charge in [-0.1, -0.05) is 42.0 Å². The number of rotatable bonds is 9. The smallest absolute Gasteiger partial charge is 0.253 e. The van der Waals surface area contributed by atoms with Gasteiger partial charge in [-0.2, -0.15) is 0 Å². The molecule has 6 heteroatoms. The fourth-order valence-corrected chi connectivity index (χ4v) is 3.59. The molecule has 0 saturated carbocycles. The number of anilines is 1. The van der Waals surface area contributed by atoms with E-state index in [-0.39, 0.29) is 24.5 Å². The normalized spacial score (nSPS) is 15.7. The van der Waals surface area contributed by atoms with Gasteiger partial charge in [0.2, 0.25) is 5.91 Å². The van der Waals surface area contributed by atoms with Crippen molar-refractivity contribution in [3.8, 4) is 0 Å². The highest BCUT2D eigenvalue weighted by Crippen LogP contribution is 2.20. The first-order valence-corrected chi connectivity index (χ1v) is 10.4. The molecule has 0 spiro atoms. The zero-order valence-corrected chi connectivity index (χ0v) is 17.7. The molecular formula is C24H30N2O4. The molecule has 2 aromatic carbocycles. The van der Waals surface area contributed by atoms with Gasteiger partial charge in [-0.3, -0.25) is 9.59 Å². The molecule has 3 rings (SSSR count). The summed E-state index contributed by atoms with van der Waals surface area (Å²) in [4.78, 5) is 26.5. The molecule has 0 aliphatic carbocycles. The molecule has 2 amide bonds. The molecule has 160 valence electrons. The third-order valence-electron chi connectivity index (χ3n) is 5.16. The summed E-state index contributed by atoms with van der Waals surface area (Å²) in [5.74, 6) is -0.133. The summed E-state index contributed by atoms with van der Waals surface area (Å²) in [6.45, 7) is 3.85. The average molecular weight is 411 g/mol. The van der Waals surface area contributed by atoms with E-state index in [1.807, 2.05) is 49.4 Å². The van der Waals surface area contributed by atoms with Gasteiger partial charge in [-0.15, -0.1) is 0 Å². The SMILES string of the molecule is COCC(=O)N(Cc1cccc(C)c1)c1ccc(CC(=O)NC[C@H]2CCCO2)cc1. The second kappa shape index (κ2) is 10.9. The van der Waals surface area contributed by atoms with Crippen molar-refractivity contribution in [3.63, 3.8) is 0 Å². The van der Waals surface area contributed by atoms with Gasteiger partial charge in [-0.25, -0.2) is 0 Å². The Hall–Kier alpha value is -2.70. The van der Waals surface area contributed by atoms with E-state index in [1.54, 1.807) is 4.90 Å². The molecule has 0 radical (unpaired) electrons. The Kier molecular flexibility index (Phi) is 7.99. The van der Waals surface area contributed by atoms with Crippen LogP contribution in [0, 0.1) is 6.92 Å². The molecule has 1 saturated heterocycles. The maximum Gasteiger partial charge on any atom is 0.253 e. The van der Waals surface area contributed by atoms with Crippen molar-refractivity contribution in [2.24, 2.45) is 0 Å². The van der Waals surface area contributed by atoms with Gasteiger partial charge in [0.1, 0.15) is 6.61 Å². The molecule has 1 N–H and O–H groups in total. The fraction of sp³-hybridized carbons (Fsp3) is 0.417. The van der Waals surface area contributed by atoms with Crippen LogP contribution in [-0.4, -0.2) is 44.8 Å². The number of aryl methyl sites for hydroxylation is 1. The minimum absolute atomic E-state index is 0.0131. The van der Waals surface area contributed by atoms with Gasteiger partial charge in [0.05, 0.1) is 19.1 Å². The van der Waals surface area contributed by atoms with E-state index >= 15 is 0 Å². The predicted octanol–water partition coefficient (Wildman–Crippen LogP) is 3.01. The van der Waals surface area contributed by atoms with Crippen molar-refractivity contribution in [2.75, 3.05) is 31.8 Å². The van der Waals surface area contributed by atoms with Crippen LogP contribution in [0.5, 0.6) is 0 Å². The number of carbonyl (C=O) groups excluding carboxylic acids is 2. The predicted molar refractivity (Wildman–Crippen MR) is 116 cm³/mol. The lowest BCUT2D eigenvalue weighted by Gasteiger charge is -2.23. The number of amides is 2. The zero-order valence-electron chi connectivity index (χ0n) is 17.7. The topological polar surface area (TPSA) is 67.9 Å². The molecule has 0 bridgehead atoms. The van der Waals surface area contributed by atoms with Gasteiger partial charge in [0, 0.05) is 25.9 Å². The molecule has 6 nitrogen and oxygen atoms in total. The number of carbonyl (C=O) groups is 2. The lowest BCUT2D eigenvalue weighted by atomic mass is 10.1. The third kappa shape index (κ3) is 6.40. The number of benzene rings is 2. The van der Waals surface area contributed by atoms with Crippen molar-refractivity contribution in [1.82, 2.24) is 5.32 Å². The standard InChI is InChI=1S/C24H30N2O4/c1-18-5-3-6-20(13-18)16-26(24(28)17-29-2)21-10-8-19(9-11-21)14-23(27)25-15-22-7-4-12-30-22/h3,5-6,8-11,13,22H,4,7,12,14-17H2,1-2H3,(H,25,27)/t22-/m1/s1. The number of nitrogens with one attached hydrogen (secondary N) is 1.